The molecule has 0 radical (unpaired) electrons. The molecule has 2 saturated heterocycles. The highest BCUT2D eigenvalue weighted by molar-refractivity contribution is 9.10. The number of phenolic OH excluding ortho intramolecular Hbond substituents is 1. The summed E-state index contributed by atoms with van der Waals surface area (Å²) in [6.45, 7) is 2.05. The maximum Gasteiger partial charge on any atom is 0.266 e. The SMILES string of the molecule is CCc1ccc(N2C(=O)[C@H]3[C@@H](ON(c4ccccc4)[C@H]3c3cc(Br)c(O)c(OC)c3)C2=O)cc1. The van der Waals surface area contributed by atoms with Crippen molar-refractivity contribution in [3.05, 3.63) is 82.3 Å². The van der Waals surface area contributed by atoms with Gasteiger partial charge in [-0.25, -0.2) is 9.96 Å². The highest BCUT2D eigenvalue weighted by Gasteiger charge is 2.60. The molecule has 3 aromatic rings. The van der Waals surface area contributed by atoms with Crippen LogP contribution in [0.4, 0.5) is 11.4 Å². The van der Waals surface area contributed by atoms with Crippen LogP contribution in [0.3, 0.4) is 0 Å². The monoisotopic (exact) mass is 522 g/mol. The van der Waals surface area contributed by atoms with Gasteiger partial charge in [-0.15, -0.1) is 0 Å². The number of aromatic hydroxyl groups is 1. The number of hydrogen-bond acceptors (Lipinski definition) is 6. The molecule has 3 aromatic carbocycles. The van der Waals surface area contributed by atoms with E-state index in [4.69, 9.17) is 9.57 Å². The van der Waals surface area contributed by atoms with Crippen LogP contribution in [0.5, 0.6) is 11.5 Å². The zero-order valence-electron chi connectivity index (χ0n) is 18.6. The number of carbonyl (C=O) groups is 2. The van der Waals surface area contributed by atoms with Gasteiger partial charge in [-0.05, 0) is 69.9 Å². The Morgan fingerprint density at radius 2 is 1.71 bits per heavy atom. The Bertz CT molecular complexity index is 1250. The van der Waals surface area contributed by atoms with Crippen molar-refractivity contribution in [1.29, 1.82) is 0 Å². The maximum atomic E-state index is 13.7. The largest absolute Gasteiger partial charge is 0.503 e. The van der Waals surface area contributed by atoms with Crippen molar-refractivity contribution in [1.82, 2.24) is 0 Å². The molecule has 2 heterocycles. The first kappa shape index (κ1) is 22.4. The molecule has 5 rings (SSSR count). The lowest BCUT2D eigenvalue weighted by atomic mass is 9.90. The molecule has 2 amide bonds. The average molecular weight is 523 g/mol. The third-order valence-electron chi connectivity index (χ3n) is 6.34. The Labute approximate surface area is 205 Å². The molecule has 2 fully saturated rings. The van der Waals surface area contributed by atoms with Crippen molar-refractivity contribution in [2.45, 2.75) is 25.5 Å². The minimum Gasteiger partial charge on any atom is -0.503 e. The molecule has 1 N–H and O–H groups in total. The molecule has 0 unspecified atom stereocenters. The molecule has 2 aliphatic rings. The number of aryl methyl sites for hydroxylation is 1. The van der Waals surface area contributed by atoms with Gasteiger partial charge in [-0.1, -0.05) is 37.3 Å². The molecule has 0 saturated carbocycles. The summed E-state index contributed by atoms with van der Waals surface area (Å²) < 4.78 is 5.76. The van der Waals surface area contributed by atoms with Crippen molar-refractivity contribution in [3.8, 4) is 11.5 Å². The second kappa shape index (κ2) is 8.77. The van der Waals surface area contributed by atoms with E-state index >= 15 is 0 Å². The van der Waals surface area contributed by atoms with Crippen LogP contribution in [-0.4, -0.2) is 30.1 Å². The molecule has 3 atom stereocenters. The Hall–Kier alpha value is -3.36. The Kier molecular flexibility index (Phi) is 5.79. The number of phenols is 1. The van der Waals surface area contributed by atoms with Crippen molar-refractivity contribution >= 4 is 39.1 Å². The van der Waals surface area contributed by atoms with Crippen LogP contribution in [0.1, 0.15) is 24.1 Å². The number of rotatable bonds is 5. The summed E-state index contributed by atoms with van der Waals surface area (Å²) >= 11 is 3.37. The highest BCUT2D eigenvalue weighted by atomic mass is 79.9. The topological polar surface area (TPSA) is 79.3 Å². The molecule has 7 nitrogen and oxygen atoms in total. The third kappa shape index (κ3) is 3.54. The summed E-state index contributed by atoms with van der Waals surface area (Å²) in [7, 11) is 1.46. The van der Waals surface area contributed by atoms with E-state index < -0.39 is 24.0 Å². The van der Waals surface area contributed by atoms with E-state index in [1.807, 2.05) is 49.4 Å². The number of hydrogen-bond donors (Lipinski definition) is 1. The number of nitrogens with zero attached hydrogens (tertiary/aromatic N) is 2. The molecule has 0 aromatic heterocycles. The maximum absolute atomic E-state index is 13.7. The van der Waals surface area contributed by atoms with Gasteiger partial charge in [0.25, 0.3) is 5.91 Å². The number of carbonyl (C=O) groups excluding carboxylic acids is 2. The van der Waals surface area contributed by atoms with E-state index in [0.29, 0.717) is 21.4 Å². The van der Waals surface area contributed by atoms with Crippen LogP contribution in [0.2, 0.25) is 0 Å². The van der Waals surface area contributed by atoms with E-state index in [9.17, 15) is 14.7 Å². The number of halogens is 1. The first-order chi connectivity index (χ1) is 16.4. The highest BCUT2D eigenvalue weighted by Crippen LogP contribution is 2.49. The average Bonchev–Trinajstić information content (AvgIpc) is 3.37. The predicted octanol–water partition coefficient (Wildman–Crippen LogP) is 4.78. The molecular formula is C26H23BrN2O5. The number of fused-ring (bicyclic) bond motifs is 1. The van der Waals surface area contributed by atoms with Gasteiger partial charge in [0, 0.05) is 0 Å². The number of methoxy groups -OCH3 is 1. The fourth-order valence-corrected chi connectivity index (χ4v) is 5.07. The summed E-state index contributed by atoms with van der Waals surface area (Å²) in [5.74, 6) is -1.29. The van der Waals surface area contributed by atoms with Crippen LogP contribution >= 0.6 is 15.9 Å². The standard InChI is InChI=1S/C26H23BrN2O5/c1-3-15-9-11-17(12-10-15)28-25(31)21-22(16-13-19(27)23(30)20(14-16)33-2)29(34-24(21)26(28)32)18-7-5-4-6-8-18/h4-14,21-22,24,30H,3H2,1-2H3/t21-,22+,24-/m1/s1. The van der Waals surface area contributed by atoms with Gasteiger partial charge >= 0.3 is 0 Å². The van der Waals surface area contributed by atoms with E-state index in [2.05, 4.69) is 15.9 Å². The molecule has 2 aliphatic heterocycles. The van der Waals surface area contributed by atoms with Gasteiger partial charge in [0.2, 0.25) is 5.91 Å². The molecule has 0 spiro atoms. The number of anilines is 2. The first-order valence-electron chi connectivity index (χ1n) is 11.0. The molecule has 34 heavy (non-hydrogen) atoms. The van der Waals surface area contributed by atoms with E-state index in [0.717, 1.165) is 12.0 Å². The van der Waals surface area contributed by atoms with Gasteiger partial charge in [-0.2, -0.15) is 0 Å². The number of para-hydroxylation sites is 1. The van der Waals surface area contributed by atoms with Crippen molar-refractivity contribution in [2.75, 3.05) is 17.1 Å². The van der Waals surface area contributed by atoms with Gasteiger partial charge in [-0.3, -0.25) is 14.4 Å². The summed E-state index contributed by atoms with van der Waals surface area (Å²) in [5, 5.41) is 11.9. The summed E-state index contributed by atoms with van der Waals surface area (Å²) in [6.07, 6.45) is -0.107. The van der Waals surface area contributed by atoms with Crippen molar-refractivity contribution in [2.24, 2.45) is 5.92 Å². The van der Waals surface area contributed by atoms with Crippen molar-refractivity contribution < 1.29 is 24.3 Å². The minimum atomic E-state index is -0.970. The summed E-state index contributed by atoms with van der Waals surface area (Å²) in [6, 6.07) is 19.5. The Morgan fingerprint density at radius 1 is 1.00 bits per heavy atom. The van der Waals surface area contributed by atoms with Gasteiger partial charge in [0.1, 0.15) is 5.92 Å². The number of ether oxygens (including phenoxy) is 1. The van der Waals surface area contributed by atoms with Crippen molar-refractivity contribution in [3.63, 3.8) is 0 Å². The smallest absolute Gasteiger partial charge is 0.266 e. The molecule has 0 bridgehead atoms. The molecule has 8 heteroatoms. The number of amides is 2. The first-order valence-corrected chi connectivity index (χ1v) is 11.8. The second-order valence-corrected chi connectivity index (χ2v) is 9.10. The molecular weight excluding hydrogens is 500 g/mol. The zero-order valence-corrected chi connectivity index (χ0v) is 20.2. The minimum absolute atomic E-state index is 0.0422. The normalized spacial score (nSPS) is 21.8. The lowest BCUT2D eigenvalue weighted by molar-refractivity contribution is -0.126. The predicted molar refractivity (Wildman–Crippen MR) is 131 cm³/mol. The third-order valence-corrected chi connectivity index (χ3v) is 6.95. The van der Waals surface area contributed by atoms with Gasteiger partial charge < -0.3 is 9.84 Å². The van der Waals surface area contributed by atoms with Crippen LogP contribution in [0, 0.1) is 5.92 Å². The quantitative estimate of drug-likeness (QED) is 0.486. The van der Waals surface area contributed by atoms with E-state index in [1.54, 1.807) is 29.3 Å². The van der Waals surface area contributed by atoms with Crippen LogP contribution in [0.15, 0.2) is 71.2 Å². The van der Waals surface area contributed by atoms with E-state index in [-0.39, 0.29) is 17.4 Å². The molecule has 0 aliphatic carbocycles. The second-order valence-electron chi connectivity index (χ2n) is 8.24. The van der Waals surface area contributed by atoms with Gasteiger partial charge in [0.15, 0.2) is 17.6 Å². The Morgan fingerprint density at radius 3 is 2.35 bits per heavy atom. The Balaban J connectivity index is 1.60. The lowest BCUT2D eigenvalue weighted by Gasteiger charge is -2.29. The van der Waals surface area contributed by atoms with Crippen LogP contribution in [0.25, 0.3) is 0 Å². The summed E-state index contributed by atoms with van der Waals surface area (Å²) in [4.78, 5) is 34.5. The lowest BCUT2D eigenvalue weighted by Crippen LogP contribution is -2.37. The summed E-state index contributed by atoms with van der Waals surface area (Å²) in [5.41, 5.74) is 3.03. The number of hydroxylamine groups is 1. The number of benzene rings is 3. The fraction of sp³-hybridized carbons (Fsp3) is 0.231. The van der Waals surface area contributed by atoms with Crippen LogP contribution in [-0.2, 0) is 20.8 Å². The number of imide groups is 1. The molecule has 174 valence electrons. The fourth-order valence-electron chi connectivity index (χ4n) is 4.61. The van der Waals surface area contributed by atoms with Crippen LogP contribution < -0.4 is 14.7 Å². The zero-order chi connectivity index (χ0) is 24.0. The van der Waals surface area contributed by atoms with E-state index in [1.165, 1.54) is 12.0 Å². The van der Waals surface area contributed by atoms with Gasteiger partial charge in [0.05, 0.1) is 29.0 Å².